The van der Waals surface area contributed by atoms with E-state index in [0.717, 1.165) is 69.9 Å². The fourth-order valence-electron chi connectivity index (χ4n) is 5.15. The zero-order valence-corrected chi connectivity index (χ0v) is 19.9. The van der Waals surface area contributed by atoms with Crippen LogP contribution < -0.4 is 5.32 Å². The predicted octanol–water partition coefficient (Wildman–Crippen LogP) is 5.95. The Balaban J connectivity index is 1.25. The maximum Gasteiger partial charge on any atom is 0.227 e. The fraction of sp³-hybridized carbons (Fsp3) is 0.179. The van der Waals surface area contributed by atoms with Crippen molar-refractivity contribution in [1.82, 2.24) is 30.1 Å². The minimum atomic E-state index is 0.0817. The van der Waals surface area contributed by atoms with E-state index in [2.05, 4.69) is 36.5 Å². The second-order valence-electron chi connectivity index (χ2n) is 9.45. The van der Waals surface area contributed by atoms with Crippen molar-refractivity contribution in [3.8, 4) is 33.8 Å². The molecule has 1 aromatic carbocycles. The summed E-state index contributed by atoms with van der Waals surface area (Å²) in [5, 5.41) is 11.6. The van der Waals surface area contributed by atoms with E-state index >= 15 is 0 Å². The highest BCUT2D eigenvalue weighted by Crippen LogP contribution is 2.33. The Labute approximate surface area is 211 Å². The molecule has 1 aliphatic rings. The van der Waals surface area contributed by atoms with E-state index < -0.39 is 0 Å². The summed E-state index contributed by atoms with van der Waals surface area (Å²) in [4.78, 5) is 29.6. The van der Waals surface area contributed by atoms with E-state index in [-0.39, 0.29) is 11.8 Å². The Morgan fingerprint density at radius 1 is 0.946 bits per heavy atom. The van der Waals surface area contributed by atoms with Crippen molar-refractivity contribution in [1.29, 1.82) is 0 Å². The van der Waals surface area contributed by atoms with Crippen molar-refractivity contribution in [3.05, 3.63) is 67.6 Å². The summed E-state index contributed by atoms with van der Waals surface area (Å²) in [5.41, 5.74) is 7.61. The smallest absolute Gasteiger partial charge is 0.227 e. The van der Waals surface area contributed by atoms with Crippen molar-refractivity contribution in [2.75, 3.05) is 5.32 Å². The van der Waals surface area contributed by atoms with Crippen LogP contribution in [0.15, 0.2) is 72.1 Å². The molecule has 0 radical (unpaired) electrons. The summed E-state index contributed by atoms with van der Waals surface area (Å²) in [6.07, 6.45) is 14.5. The van der Waals surface area contributed by atoms with Gasteiger partial charge in [-0.3, -0.25) is 19.9 Å². The fourth-order valence-corrected chi connectivity index (χ4v) is 5.15. The SMILES string of the molecule is O=C(Nc1cncc(-c2ccc3[nH]nc(-c4nc5c(-c6ccoc6)cncc5[nH]4)c3c2)c1)C1CCCC1. The summed E-state index contributed by atoms with van der Waals surface area (Å²) >= 11 is 0. The van der Waals surface area contributed by atoms with Crippen LogP contribution in [-0.2, 0) is 4.79 Å². The number of hydrogen-bond acceptors (Lipinski definition) is 6. The number of nitrogens with zero attached hydrogens (tertiary/aromatic N) is 4. The molecule has 1 saturated carbocycles. The molecule has 3 N–H and O–H groups in total. The minimum absolute atomic E-state index is 0.0817. The van der Waals surface area contributed by atoms with Gasteiger partial charge in [-0.25, -0.2) is 4.98 Å². The van der Waals surface area contributed by atoms with Crippen LogP contribution in [0.5, 0.6) is 0 Å². The number of furan rings is 1. The van der Waals surface area contributed by atoms with Crippen molar-refractivity contribution in [2.24, 2.45) is 5.92 Å². The predicted molar refractivity (Wildman–Crippen MR) is 140 cm³/mol. The number of H-pyrrole nitrogens is 2. The zero-order chi connectivity index (χ0) is 24.8. The third-order valence-electron chi connectivity index (χ3n) is 7.08. The molecular formula is C28H23N7O2. The lowest BCUT2D eigenvalue weighted by Gasteiger charge is -2.11. The molecule has 0 saturated heterocycles. The number of carbonyl (C=O) groups is 1. The van der Waals surface area contributed by atoms with Gasteiger partial charge in [0.15, 0.2) is 5.82 Å². The minimum Gasteiger partial charge on any atom is -0.472 e. The highest BCUT2D eigenvalue weighted by atomic mass is 16.3. The third-order valence-corrected chi connectivity index (χ3v) is 7.08. The molecule has 5 aromatic heterocycles. The van der Waals surface area contributed by atoms with Gasteiger partial charge < -0.3 is 14.7 Å². The van der Waals surface area contributed by atoms with E-state index in [1.165, 1.54) is 0 Å². The number of anilines is 1. The van der Waals surface area contributed by atoms with E-state index in [1.54, 1.807) is 37.3 Å². The number of fused-ring (bicyclic) bond motifs is 2. The van der Waals surface area contributed by atoms with Crippen LogP contribution >= 0.6 is 0 Å². The molecule has 5 heterocycles. The molecule has 0 atom stereocenters. The summed E-state index contributed by atoms with van der Waals surface area (Å²) < 4.78 is 5.25. The summed E-state index contributed by atoms with van der Waals surface area (Å²) in [6, 6.07) is 9.93. The van der Waals surface area contributed by atoms with Crippen LogP contribution in [0.1, 0.15) is 25.7 Å². The third kappa shape index (κ3) is 3.85. The molecule has 0 aliphatic heterocycles. The first kappa shape index (κ1) is 21.5. The lowest BCUT2D eigenvalue weighted by atomic mass is 10.0. The first-order valence-electron chi connectivity index (χ1n) is 12.3. The molecule has 9 heteroatoms. The molecule has 182 valence electrons. The van der Waals surface area contributed by atoms with Crippen LogP contribution in [0.2, 0.25) is 0 Å². The average Bonchev–Trinajstić information content (AvgIpc) is 3.74. The van der Waals surface area contributed by atoms with Crippen LogP contribution in [-0.4, -0.2) is 36.0 Å². The van der Waals surface area contributed by atoms with Gasteiger partial charge in [0, 0.05) is 40.4 Å². The molecule has 1 amide bonds. The van der Waals surface area contributed by atoms with E-state index in [9.17, 15) is 4.79 Å². The second-order valence-corrected chi connectivity index (χ2v) is 9.45. The quantitative estimate of drug-likeness (QED) is 0.275. The standard InChI is InChI=1S/C28H23N7O2/c36-28(16-3-1-2-4-16)31-20-9-19(11-29-12-20)17-5-6-23-21(10-17)26(35-34-23)27-32-24-14-30-13-22(25(24)33-27)18-7-8-37-15-18/h5-16H,1-4H2,(H,31,36)(H,32,33)(H,34,35). The Morgan fingerprint density at radius 2 is 1.84 bits per heavy atom. The van der Waals surface area contributed by atoms with E-state index in [4.69, 9.17) is 9.40 Å². The molecule has 0 unspecified atom stereocenters. The average molecular weight is 490 g/mol. The number of rotatable bonds is 5. The molecule has 0 bridgehead atoms. The zero-order valence-electron chi connectivity index (χ0n) is 19.9. The Hall–Kier alpha value is -4.79. The topological polar surface area (TPSA) is 125 Å². The first-order valence-corrected chi connectivity index (χ1v) is 12.3. The van der Waals surface area contributed by atoms with Gasteiger partial charge in [0.1, 0.15) is 11.2 Å². The highest BCUT2D eigenvalue weighted by Gasteiger charge is 2.23. The summed E-state index contributed by atoms with van der Waals surface area (Å²) in [6.45, 7) is 0. The molecule has 37 heavy (non-hydrogen) atoms. The number of aromatic amines is 2. The van der Waals surface area contributed by atoms with Gasteiger partial charge in [-0.05, 0) is 42.7 Å². The van der Waals surface area contributed by atoms with Gasteiger partial charge in [-0.15, -0.1) is 0 Å². The van der Waals surface area contributed by atoms with Gasteiger partial charge in [-0.2, -0.15) is 5.10 Å². The number of pyridine rings is 2. The number of carbonyl (C=O) groups excluding carboxylic acids is 1. The molecule has 9 nitrogen and oxygen atoms in total. The van der Waals surface area contributed by atoms with Crippen LogP contribution in [0, 0.1) is 5.92 Å². The summed E-state index contributed by atoms with van der Waals surface area (Å²) in [5.74, 6) is 0.826. The van der Waals surface area contributed by atoms with Crippen molar-refractivity contribution < 1.29 is 9.21 Å². The number of nitrogens with one attached hydrogen (secondary N) is 3. The maximum absolute atomic E-state index is 12.6. The number of aromatic nitrogens is 6. The molecule has 6 aromatic rings. The number of hydrogen-bond donors (Lipinski definition) is 3. The summed E-state index contributed by atoms with van der Waals surface area (Å²) in [7, 11) is 0. The highest BCUT2D eigenvalue weighted by molar-refractivity contribution is 5.98. The lowest BCUT2D eigenvalue weighted by molar-refractivity contribution is -0.119. The molecule has 1 aliphatic carbocycles. The van der Waals surface area contributed by atoms with Gasteiger partial charge in [-0.1, -0.05) is 18.9 Å². The Morgan fingerprint density at radius 3 is 2.70 bits per heavy atom. The van der Waals surface area contributed by atoms with Gasteiger partial charge in [0.05, 0.1) is 41.6 Å². The Kier molecular flexibility index (Phi) is 5.05. The second kappa shape index (κ2) is 8.70. The van der Waals surface area contributed by atoms with Gasteiger partial charge in [0.25, 0.3) is 0 Å². The van der Waals surface area contributed by atoms with E-state index in [1.807, 2.05) is 24.3 Å². The molecular weight excluding hydrogens is 466 g/mol. The number of benzene rings is 1. The Bertz CT molecular complexity index is 1740. The largest absolute Gasteiger partial charge is 0.472 e. The van der Waals surface area contributed by atoms with Crippen LogP contribution in [0.3, 0.4) is 0 Å². The van der Waals surface area contributed by atoms with Crippen LogP contribution in [0.4, 0.5) is 5.69 Å². The van der Waals surface area contributed by atoms with E-state index in [0.29, 0.717) is 17.2 Å². The maximum atomic E-state index is 12.6. The lowest BCUT2D eigenvalue weighted by Crippen LogP contribution is -2.20. The van der Waals surface area contributed by atoms with Crippen LogP contribution in [0.25, 0.3) is 55.7 Å². The first-order chi connectivity index (χ1) is 18.2. The van der Waals surface area contributed by atoms with Gasteiger partial charge in [0.2, 0.25) is 5.91 Å². The van der Waals surface area contributed by atoms with Gasteiger partial charge >= 0.3 is 0 Å². The molecule has 0 spiro atoms. The normalized spacial score (nSPS) is 14.1. The monoisotopic (exact) mass is 489 g/mol. The molecule has 1 fully saturated rings. The number of amides is 1. The molecule has 7 rings (SSSR count). The van der Waals surface area contributed by atoms with Crippen molar-refractivity contribution in [3.63, 3.8) is 0 Å². The van der Waals surface area contributed by atoms with Crippen molar-refractivity contribution in [2.45, 2.75) is 25.7 Å². The van der Waals surface area contributed by atoms with Crippen molar-refractivity contribution >= 4 is 33.5 Å². The number of imidazole rings is 1.